The fourth-order valence-electron chi connectivity index (χ4n) is 7.20. The predicted molar refractivity (Wildman–Crippen MR) is 209 cm³/mol. The maximum atomic E-state index is 12.9. The van der Waals surface area contributed by atoms with Gasteiger partial charge in [0.25, 0.3) is 0 Å². The molecule has 0 aromatic rings. The summed E-state index contributed by atoms with van der Waals surface area (Å²) in [4.78, 5) is 12.9. The summed E-state index contributed by atoms with van der Waals surface area (Å²) < 4.78 is 11.1. The van der Waals surface area contributed by atoms with Crippen LogP contribution in [-0.4, -0.2) is 98.7 Å². The van der Waals surface area contributed by atoms with Gasteiger partial charge in [-0.1, -0.05) is 181 Å². The number of unbranched alkanes of at least 4 members (excludes halogenated alkanes) is 25. The second-order valence-corrected chi connectivity index (χ2v) is 15.6. The number of aliphatic hydroxyl groups is 6. The molecule has 1 fully saturated rings. The first-order valence-corrected chi connectivity index (χ1v) is 21.8. The number of hydrogen-bond donors (Lipinski definition) is 7. The van der Waals surface area contributed by atoms with Crippen LogP contribution in [0.5, 0.6) is 0 Å². The Morgan fingerprint density at radius 2 is 1.00 bits per heavy atom. The van der Waals surface area contributed by atoms with Gasteiger partial charge in [-0.3, -0.25) is 4.79 Å². The Morgan fingerprint density at radius 3 is 1.42 bits per heavy atom. The van der Waals surface area contributed by atoms with Gasteiger partial charge in [0.1, 0.15) is 30.5 Å². The van der Waals surface area contributed by atoms with E-state index in [4.69, 9.17) is 9.47 Å². The second kappa shape index (κ2) is 33.5. The Bertz CT molecular complexity index is 803. The zero-order chi connectivity index (χ0) is 38.2. The lowest BCUT2D eigenvalue weighted by Gasteiger charge is -2.40. The Balaban J connectivity index is 2.34. The van der Waals surface area contributed by atoms with Crippen LogP contribution in [0.15, 0.2) is 0 Å². The molecule has 1 heterocycles. The van der Waals surface area contributed by atoms with E-state index >= 15 is 0 Å². The summed E-state index contributed by atoms with van der Waals surface area (Å²) in [6.07, 6.45) is 24.2. The molecule has 0 radical (unpaired) electrons. The molecule has 10 nitrogen and oxygen atoms in total. The third-order valence-electron chi connectivity index (χ3n) is 10.8. The van der Waals surface area contributed by atoms with Crippen molar-refractivity contribution in [1.29, 1.82) is 0 Å². The Hall–Kier alpha value is -0.850. The normalized spacial score (nSPS) is 22.3. The number of aliphatic hydroxyl groups excluding tert-OH is 6. The van der Waals surface area contributed by atoms with Crippen molar-refractivity contribution in [2.45, 2.75) is 249 Å². The van der Waals surface area contributed by atoms with E-state index < -0.39 is 55.6 Å². The van der Waals surface area contributed by atoms with Crippen molar-refractivity contribution in [3.63, 3.8) is 0 Å². The van der Waals surface area contributed by atoms with Crippen LogP contribution in [0, 0.1) is 0 Å². The Labute approximate surface area is 317 Å². The molecule has 0 bridgehead atoms. The van der Waals surface area contributed by atoms with Gasteiger partial charge in [0.15, 0.2) is 6.29 Å². The lowest BCUT2D eigenvalue weighted by Crippen LogP contribution is -2.60. The van der Waals surface area contributed by atoms with E-state index in [1.807, 2.05) is 0 Å². The molecule has 2 unspecified atom stereocenters. The first-order valence-electron chi connectivity index (χ1n) is 21.8. The maximum absolute atomic E-state index is 12.9. The van der Waals surface area contributed by atoms with Gasteiger partial charge in [-0.2, -0.15) is 0 Å². The third-order valence-corrected chi connectivity index (χ3v) is 10.8. The number of nitrogens with one attached hydrogen (secondary N) is 1. The number of carbonyl (C=O) groups is 1. The number of ether oxygens (including phenoxy) is 2. The van der Waals surface area contributed by atoms with Crippen molar-refractivity contribution < 1.29 is 44.9 Å². The van der Waals surface area contributed by atoms with E-state index in [-0.39, 0.29) is 18.9 Å². The zero-order valence-electron chi connectivity index (χ0n) is 33.4. The summed E-state index contributed by atoms with van der Waals surface area (Å²) in [5, 5.41) is 64.8. The largest absolute Gasteiger partial charge is 0.394 e. The predicted octanol–water partition coefficient (Wildman–Crippen LogP) is 7.36. The topological polar surface area (TPSA) is 169 Å². The Morgan fingerprint density at radius 1 is 0.596 bits per heavy atom. The standard InChI is InChI=1S/C42H83NO9/c1-3-5-7-9-11-13-14-15-16-17-18-19-20-21-22-23-25-27-29-31-37(46)43-34(33-51-42-41(50)40(49)39(48)36(32-44)52-42)38(47)35(45)30-28-26-24-12-10-8-6-4-2/h34-36,38-42,44-45,47-50H,3-33H2,1-2H3,(H,43,46)/t34-,35+,36+,38-,39-,40?,41?,42+/m0/s1. The zero-order valence-corrected chi connectivity index (χ0v) is 33.4. The number of amides is 1. The molecule has 310 valence electrons. The van der Waals surface area contributed by atoms with E-state index in [0.717, 1.165) is 44.9 Å². The van der Waals surface area contributed by atoms with Crippen LogP contribution in [0.4, 0.5) is 0 Å². The van der Waals surface area contributed by atoms with Crippen LogP contribution in [0.25, 0.3) is 0 Å². The van der Waals surface area contributed by atoms with Crippen molar-refractivity contribution in [3.05, 3.63) is 0 Å². The van der Waals surface area contributed by atoms with Crippen molar-refractivity contribution in [2.75, 3.05) is 13.2 Å². The SMILES string of the molecule is CCCCCCCCCCCCCCCCCCCCCC(=O)N[C@@H](CO[C@@H]1O[C@H](CO)[C@H](O)C(O)C1O)[C@H](O)[C@H](O)CCCCCCCCCC. The Kier molecular flexibility index (Phi) is 31.7. The van der Waals surface area contributed by atoms with Crippen LogP contribution in [-0.2, 0) is 14.3 Å². The molecular weight excluding hydrogens is 662 g/mol. The summed E-state index contributed by atoms with van der Waals surface area (Å²) in [5.41, 5.74) is 0. The molecular formula is C42H83NO9. The first-order chi connectivity index (χ1) is 25.3. The highest BCUT2D eigenvalue weighted by molar-refractivity contribution is 5.76. The highest BCUT2D eigenvalue weighted by Gasteiger charge is 2.44. The van der Waals surface area contributed by atoms with Gasteiger partial charge in [-0.05, 0) is 12.8 Å². The molecule has 0 spiro atoms. The molecule has 1 amide bonds. The smallest absolute Gasteiger partial charge is 0.220 e. The molecule has 1 aliphatic rings. The van der Waals surface area contributed by atoms with Crippen LogP contribution in [0.2, 0.25) is 0 Å². The van der Waals surface area contributed by atoms with E-state index in [1.54, 1.807) is 0 Å². The first kappa shape index (κ1) is 49.2. The highest BCUT2D eigenvalue weighted by atomic mass is 16.7. The van der Waals surface area contributed by atoms with Gasteiger partial charge >= 0.3 is 0 Å². The van der Waals surface area contributed by atoms with E-state index in [0.29, 0.717) is 6.42 Å². The van der Waals surface area contributed by atoms with Crippen LogP contribution < -0.4 is 5.32 Å². The summed E-state index contributed by atoms with van der Waals surface area (Å²) in [7, 11) is 0. The monoisotopic (exact) mass is 746 g/mol. The minimum Gasteiger partial charge on any atom is -0.394 e. The second-order valence-electron chi connectivity index (χ2n) is 15.6. The minimum atomic E-state index is -1.60. The third kappa shape index (κ3) is 23.8. The molecule has 0 aromatic heterocycles. The number of hydrogen-bond acceptors (Lipinski definition) is 9. The molecule has 10 heteroatoms. The van der Waals surface area contributed by atoms with Crippen molar-refractivity contribution in [1.82, 2.24) is 5.32 Å². The molecule has 0 aliphatic carbocycles. The average molecular weight is 746 g/mol. The van der Waals surface area contributed by atoms with E-state index in [9.17, 15) is 35.4 Å². The molecule has 1 saturated heterocycles. The van der Waals surface area contributed by atoms with Crippen LogP contribution in [0.1, 0.15) is 200 Å². The summed E-state index contributed by atoms with van der Waals surface area (Å²) >= 11 is 0. The molecule has 7 N–H and O–H groups in total. The summed E-state index contributed by atoms with van der Waals surface area (Å²) in [6, 6.07) is -0.982. The lowest BCUT2D eigenvalue weighted by molar-refractivity contribution is -0.303. The van der Waals surface area contributed by atoms with Gasteiger partial charge in [-0.15, -0.1) is 0 Å². The molecule has 8 atom stereocenters. The lowest BCUT2D eigenvalue weighted by atomic mass is 9.98. The van der Waals surface area contributed by atoms with Crippen molar-refractivity contribution in [3.8, 4) is 0 Å². The average Bonchev–Trinajstić information content (AvgIpc) is 3.14. The fourth-order valence-corrected chi connectivity index (χ4v) is 7.20. The summed E-state index contributed by atoms with van der Waals surface area (Å²) in [6.45, 7) is 3.57. The van der Waals surface area contributed by atoms with E-state index in [1.165, 1.54) is 128 Å². The van der Waals surface area contributed by atoms with Crippen LogP contribution in [0.3, 0.4) is 0 Å². The minimum absolute atomic E-state index is 0.257. The quantitative estimate of drug-likeness (QED) is 0.0324. The molecule has 0 aromatic carbocycles. The molecule has 1 aliphatic heterocycles. The van der Waals surface area contributed by atoms with Crippen molar-refractivity contribution >= 4 is 5.91 Å². The molecule has 52 heavy (non-hydrogen) atoms. The summed E-state index contributed by atoms with van der Waals surface area (Å²) in [5.74, 6) is -0.257. The van der Waals surface area contributed by atoms with Gasteiger partial charge < -0.3 is 45.4 Å². The van der Waals surface area contributed by atoms with Gasteiger partial charge in [0.2, 0.25) is 5.91 Å². The maximum Gasteiger partial charge on any atom is 0.220 e. The molecule has 0 saturated carbocycles. The molecule has 1 rings (SSSR count). The van der Waals surface area contributed by atoms with Gasteiger partial charge in [-0.25, -0.2) is 0 Å². The van der Waals surface area contributed by atoms with Gasteiger partial charge in [0, 0.05) is 6.42 Å². The number of carbonyl (C=O) groups excluding carboxylic acids is 1. The van der Waals surface area contributed by atoms with Crippen LogP contribution >= 0.6 is 0 Å². The van der Waals surface area contributed by atoms with E-state index in [2.05, 4.69) is 19.2 Å². The fraction of sp³-hybridized carbons (Fsp3) is 0.976. The van der Waals surface area contributed by atoms with Crippen molar-refractivity contribution in [2.24, 2.45) is 0 Å². The van der Waals surface area contributed by atoms with Gasteiger partial charge in [0.05, 0.1) is 25.4 Å². The number of rotatable bonds is 36. The highest BCUT2D eigenvalue weighted by Crippen LogP contribution is 2.23.